The molecule has 0 atom stereocenters. The van der Waals surface area contributed by atoms with Gasteiger partial charge in [-0.25, -0.2) is 0 Å². The third-order valence-corrected chi connectivity index (χ3v) is 13.5. The van der Waals surface area contributed by atoms with Crippen LogP contribution in [-0.2, 0) is 0 Å². The van der Waals surface area contributed by atoms with Gasteiger partial charge in [-0.15, -0.1) is 0 Å². The summed E-state index contributed by atoms with van der Waals surface area (Å²) in [6.07, 6.45) is 0. The predicted molar refractivity (Wildman–Crippen MR) is 144 cm³/mol. The number of amides is 1. The molecule has 0 aliphatic carbocycles. The number of nitrogens with one attached hydrogen (secondary N) is 1. The zero-order valence-corrected chi connectivity index (χ0v) is 20.7. The van der Waals surface area contributed by atoms with E-state index in [-0.39, 0.29) is 5.91 Å². The Bertz CT molecular complexity index is 1180. The summed E-state index contributed by atoms with van der Waals surface area (Å²) < 4.78 is 0. The summed E-state index contributed by atoms with van der Waals surface area (Å²) in [5, 5.41) is 6.20. The van der Waals surface area contributed by atoms with E-state index < -0.39 is 5.96 Å². The Balaban J connectivity index is 2.01. The van der Waals surface area contributed by atoms with E-state index in [0.29, 0.717) is 16.0 Å². The molecule has 0 aliphatic heterocycles. The Labute approximate surface area is 208 Å². The van der Waals surface area contributed by atoms with Crippen LogP contribution in [0.2, 0.25) is 5.02 Å². The third-order valence-electron chi connectivity index (χ3n) is 5.63. The first-order valence-electron chi connectivity index (χ1n) is 10.3. The van der Waals surface area contributed by atoms with Crippen LogP contribution in [0.25, 0.3) is 0 Å². The third kappa shape index (κ3) is 4.09. The number of hydrogen-bond donors (Lipinski definition) is 1. The Hall–Kier alpha value is -2.61. The zero-order chi connectivity index (χ0) is 23.3. The van der Waals surface area contributed by atoms with E-state index in [1.54, 1.807) is 24.3 Å². The van der Waals surface area contributed by atoms with Gasteiger partial charge in [-0.2, -0.15) is 0 Å². The van der Waals surface area contributed by atoms with Crippen molar-refractivity contribution in [3.05, 3.63) is 137 Å². The van der Waals surface area contributed by atoms with Crippen LogP contribution < -0.4 is 21.2 Å². The summed E-state index contributed by atoms with van der Waals surface area (Å²) in [5.41, 5.74) is 2.28. The van der Waals surface area contributed by atoms with E-state index in [9.17, 15) is 4.79 Å². The number of rotatable bonds is 6. The van der Waals surface area contributed by atoms with E-state index in [2.05, 4.69) is 5.32 Å². The van der Waals surface area contributed by atoms with Crippen LogP contribution in [0.5, 0.6) is 0 Å². The SMILES string of the molecule is O=C(N/C(=C\Cl)P(Cl)(c1ccccc1)(c1ccccc1)c1ccccc1)c1ccc(Cl)cc1. The van der Waals surface area contributed by atoms with Crippen LogP contribution in [-0.4, -0.2) is 5.91 Å². The first-order valence-corrected chi connectivity index (χ1v) is 14.2. The van der Waals surface area contributed by atoms with Gasteiger partial charge in [-0.3, -0.25) is 0 Å². The molecule has 1 amide bonds. The fourth-order valence-electron chi connectivity index (χ4n) is 4.00. The second kappa shape index (κ2) is 9.71. The Morgan fingerprint density at radius 2 is 1.06 bits per heavy atom. The second-order valence-corrected chi connectivity index (χ2v) is 14.2. The molecular formula is C27H21Cl3NOP. The molecule has 4 rings (SSSR count). The van der Waals surface area contributed by atoms with Crippen molar-refractivity contribution < 1.29 is 4.79 Å². The standard InChI is InChI=1S/C27H21Cl3NOP/c28-20-26(31-27(32)21-16-18-22(29)19-17-21)33(30,23-10-4-1-5-11-23,24-12-6-2-7-13-24)25-14-8-3-9-15-25/h1-20H,(H,31,32)/b26-20+. The summed E-state index contributed by atoms with van der Waals surface area (Å²) in [6, 6.07) is 36.1. The van der Waals surface area contributed by atoms with Gasteiger partial charge in [-0.05, 0) is 0 Å². The van der Waals surface area contributed by atoms with Gasteiger partial charge in [0, 0.05) is 0 Å². The van der Waals surface area contributed by atoms with Gasteiger partial charge in [0.1, 0.15) is 0 Å². The van der Waals surface area contributed by atoms with E-state index in [0.717, 1.165) is 15.9 Å². The first kappa shape index (κ1) is 23.5. The number of carbonyl (C=O) groups is 1. The van der Waals surface area contributed by atoms with Crippen molar-refractivity contribution in [3.63, 3.8) is 0 Å². The molecule has 0 radical (unpaired) electrons. The Kier molecular flexibility index (Phi) is 6.93. The quantitative estimate of drug-likeness (QED) is 0.283. The molecule has 0 fully saturated rings. The maximum atomic E-state index is 13.3. The molecule has 0 aliphatic rings. The zero-order valence-electron chi connectivity index (χ0n) is 17.5. The van der Waals surface area contributed by atoms with E-state index in [1.165, 1.54) is 5.54 Å². The fourth-order valence-corrected chi connectivity index (χ4v) is 10.6. The van der Waals surface area contributed by atoms with Gasteiger partial charge in [0.2, 0.25) is 0 Å². The molecule has 6 heteroatoms. The molecule has 0 heterocycles. The summed E-state index contributed by atoms with van der Waals surface area (Å²) in [6.45, 7) is 0. The van der Waals surface area contributed by atoms with Gasteiger partial charge in [0.25, 0.3) is 0 Å². The molecule has 0 spiro atoms. The number of benzene rings is 4. The number of hydrogen-bond acceptors (Lipinski definition) is 1. The van der Waals surface area contributed by atoms with Crippen LogP contribution in [0.1, 0.15) is 10.4 Å². The fraction of sp³-hybridized carbons (Fsp3) is 0. The minimum atomic E-state index is -3.94. The molecule has 0 aromatic heterocycles. The molecular weight excluding hydrogens is 492 g/mol. The van der Waals surface area contributed by atoms with Crippen molar-refractivity contribution in [2.75, 3.05) is 0 Å². The molecule has 0 unspecified atom stereocenters. The van der Waals surface area contributed by atoms with Crippen LogP contribution >= 0.6 is 40.4 Å². The van der Waals surface area contributed by atoms with Crippen molar-refractivity contribution in [2.45, 2.75) is 0 Å². The maximum absolute atomic E-state index is 13.3. The van der Waals surface area contributed by atoms with E-state index in [4.69, 9.17) is 34.4 Å². The molecule has 2 nitrogen and oxygen atoms in total. The van der Waals surface area contributed by atoms with Crippen LogP contribution in [0.15, 0.2) is 126 Å². The van der Waals surface area contributed by atoms with Crippen molar-refractivity contribution in [1.82, 2.24) is 5.32 Å². The summed E-state index contributed by atoms with van der Waals surface area (Å²) in [5.74, 6) is -4.26. The topological polar surface area (TPSA) is 29.1 Å². The Morgan fingerprint density at radius 1 is 0.667 bits per heavy atom. The number of carbonyl (C=O) groups excluding carboxylic acids is 1. The molecule has 1 N–H and O–H groups in total. The summed E-state index contributed by atoms with van der Waals surface area (Å²) in [4.78, 5) is 13.3. The van der Waals surface area contributed by atoms with Crippen molar-refractivity contribution in [1.29, 1.82) is 0 Å². The molecule has 0 bridgehead atoms. The summed E-state index contributed by atoms with van der Waals surface area (Å²) >= 11 is 20.5. The van der Waals surface area contributed by atoms with Gasteiger partial charge < -0.3 is 0 Å². The Morgan fingerprint density at radius 3 is 1.42 bits per heavy atom. The van der Waals surface area contributed by atoms with Gasteiger partial charge in [-0.1, -0.05) is 0 Å². The monoisotopic (exact) mass is 511 g/mol. The molecule has 166 valence electrons. The molecule has 33 heavy (non-hydrogen) atoms. The van der Waals surface area contributed by atoms with Crippen molar-refractivity contribution in [2.24, 2.45) is 0 Å². The minimum absolute atomic E-state index is 0.323. The van der Waals surface area contributed by atoms with E-state index in [1.807, 2.05) is 91.0 Å². The summed E-state index contributed by atoms with van der Waals surface area (Å²) in [7, 11) is 0. The van der Waals surface area contributed by atoms with Gasteiger partial charge >= 0.3 is 209 Å². The predicted octanol–water partition coefficient (Wildman–Crippen LogP) is 6.79. The van der Waals surface area contributed by atoms with E-state index >= 15 is 0 Å². The number of halogens is 3. The van der Waals surface area contributed by atoms with Crippen LogP contribution in [0.3, 0.4) is 0 Å². The molecule has 4 aromatic rings. The molecule has 4 aromatic carbocycles. The molecule has 0 saturated carbocycles. The van der Waals surface area contributed by atoms with Crippen molar-refractivity contribution in [3.8, 4) is 0 Å². The van der Waals surface area contributed by atoms with Gasteiger partial charge in [0.05, 0.1) is 0 Å². The average molecular weight is 513 g/mol. The molecule has 0 saturated heterocycles. The second-order valence-electron chi connectivity index (χ2n) is 7.47. The average Bonchev–Trinajstić information content (AvgIpc) is 2.88. The van der Waals surface area contributed by atoms with Crippen LogP contribution in [0, 0.1) is 0 Å². The first-order chi connectivity index (χ1) is 16.0. The van der Waals surface area contributed by atoms with Gasteiger partial charge in [0.15, 0.2) is 0 Å². The van der Waals surface area contributed by atoms with Crippen molar-refractivity contribution >= 4 is 62.2 Å². The van der Waals surface area contributed by atoms with Crippen LogP contribution in [0.4, 0.5) is 0 Å². The normalized spacial score (nSPS) is 13.1.